The van der Waals surface area contributed by atoms with E-state index in [1.54, 1.807) is 6.92 Å². The van der Waals surface area contributed by atoms with Gasteiger partial charge in [0.25, 0.3) is 10.0 Å². The van der Waals surface area contributed by atoms with Crippen molar-refractivity contribution in [3.63, 3.8) is 0 Å². The number of halogens is 1. The van der Waals surface area contributed by atoms with Crippen LogP contribution in [-0.4, -0.2) is 29.0 Å². The Morgan fingerprint density at radius 3 is 2.67 bits per heavy atom. The molecule has 0 aliphatic heterocycles. The van der Waals surface area contributed by atoms with Gasteiger partial charge in [-0.05, 0) is 25.1 Å². The molecule has 0 amide bonds. The van der Waals surface area contributed by atoms with Gasteiger partial charge in [-0.25, -0.2) is 18.2 Å². The first-order valence-electron chi connectivity index (χ1n) is 5.91. The molecule has 0 aliphatic rings. The van der Waals surface area contributed by atoms with Crippen LogP contribution < -0.4 is 4.72 Å². The average molecular weight is 330 g/mol. The average Bonchev–Trinajstić information content (AvgIpc) is 2.86. The molecule has 9 heteroatoms. The Balaban J connectivity index is 2.35. The Bertz CT molecular complexity index is 768. The molecule has 2 rings (SSSR count). The van der Waals surface area contributed by atoms with E-state index in [1.807, 2.05) is 0 Å². The predicted molar refractivity (Wildman–Crippen MR) is 77.1 cm³/mol. The van der Waals surface area contributed by atoms with Crippen molar-refractivity contribution in [2.45, 2.75) is 18.4 Å². The topological polar surface area (TPSA) is 101 Å². The standard InChI is InChI=1S/C12H12ClN3O4S/c1-2-16-7-9(5-10(16)12(17)18)21(19,20)15-11-4-3-8(13)6-14-11/h3-7H,2H2,1H3,(H,14,15)(H,17,18). The molecule has 0 bridgehead atoms. The van der Waals surface area contributed by atoms with Gasteiger partial charge in [0.2, 0.25) is 0 Å². The van der Waals surface area contributed by atoms with Gasteiger partial charge in [0.1, 0.15) is 16.4 Å². The molecule has 0 aliphatic carbocycles. The van der Waals surface area contributed by atoms with Gasteiger partial charge >= 0.3 is 5.97 Å². The molecule has 0 atom stereocenters. The third-order valence-electron chi connectivity index (χ3n) is 2.71. The minimum atomic E-state index is -3.91. The first kappa shape index (κ1) is 15.3. The second-order valence-electron chi connectivity index (χ2n) is 4.12. The van der Waals surface area contributed by atoms with Crippen molar-refractivity contribution in [3.05, 3.63) is 41.3 Å². The van der Waals surface area contributed by atoms with Crippen LogP contribution in [-0.2, 0) is 16.6 Å². The van der Waals surface area contributed by atoms with E-state index in [0.717, 1.165) is 6.07 Å². The quantitative estimate of drug-likeness (QED) is 0.874. The summed E-state index contributed by atoms with van der Waals surface area (Å²) in [6.45, 7) is 2.06. The second kappa shape index (κ2) is 5.74. The molecule has 21 heavy (non-hydrogen) atoms. The minimum Gasteiger partial charge on any atom is -0.477 e. The minimum absolute atomic E-state index is 0.0954. The Labute approximate surface area is 126 Å². The zero-order chi connectivity index (χ0) is 15.6. The summed E-state index contributed by atoms with van der Waals surface area (Å²) >= 11 is 5.67. The number of aromatic nitrogens is 2. The van der Waals surface area contributed by atoms with Crippen molar-refractivity contribution in [2.75, 3.05) is 4.72 Å². The second-order valence-corrected chi connectivity index (χ2v) is 6.24. The van der Waals surface area contributed by atoms with Crippen molar-refractivity contribution in [1.82, 2.24) is 9.55 Å². The van der Waals surface area contributed by atoms with Gasteiger partial charge in [0.15, 0.2) is 0 Å². The summed E-state index contributed by atoms with van der Waals surface area (Å²) in [4.78, 5) is 14.7. The molecule has 0 fully saturated rings. The summed E-state index contributed by atoms with van der Waals surface area (Å²) in [5, 5.41) is 9.41. The van der Waals surface area contributed by atoms with Crippen molar-refractivity contribution in [3.8, 4) is 0 Å². The maximum Gasteiger partial charge on any atom is 0.352 e. The van der Waals surface area contributed by atoms with E-state index in [-0.39, 0.29) is 16.4 Å². The third-order valence-corrected chi connectivity index (χ3v) is 4.25. The van der Waals surface area contributed by atoms with Gasteiger partial charge in [-0.1, -0.05) is 11.6 Å². The van der Waals surface area contributed by atoms with E-state index in [9.17, 15) is 13.2 Å². The number of carboxylic acids is 1. The van der Waals surface area contributed by atoms with Gasteiger partial charge in [-0.3, -0.25) is 4.72 Å². The SMILES string of the molecule is CCn1cc(S(=O)(=O)Nc2ccc(Cl)cn2)cc1C(=O)O. The molecular formula is C12H12ClN3O4S. The maximum absolute atomic E-state index is 12.2. The largest absolute Gasteiger partial charge is 0.477 e. The fourth-order valence-corrected chi connectivity index (χ4v) is 2.86. The maximum atomic E-state index is 12.2. The number of aryl methyl sites for hydroxylation is 1. The van der Waals surface area contributed by atoms with Gasteiger partial charge in [0, 0.05) is 18.9 Å². The van der Waals surface area contributed by atoms with Crippen molar-refractivity contribution >= 4 is 33.4 Å². The number of anilines is 1. The lowest BCUT2D eigenvalue weighted by Crippen LogP contribution is -2.13. The molecule has 2 N–H and O–H groups in total. The molecular weight excluding hydrogens is 318 g/mol. The third kappa shape index (κ3) is 3.34. The number of aromatic carboxylic acids is 1. The van der Waals surface area contributed by atoms with E-state index in [1.165, 1.54) is 29.1 Å². The van der Waals surface area contributed by atoms with Crippen LogP contribution in [0.1, 0.15) is 17.4 Å². The zero-order valence-corrected chi connectivity index (χ0v) is 12.5. The fraction of sp³-hybridized carbons (Fsp3) is 0.167. The Kier molecular flexibility index (Phi) is 4.19. The number of nitrogens with zero attached hydrogens (tertiary/aromatic N) is 2. The summed E-state index contributed by atoms with van der Waals surface area (Å²) in [5.74, 6) is -1.09. The van der Waals surface area contributed by atoms with Gasteiger partial charge in [-0.2, -0.15) is 0 Å². The van der Waals surface area contributed by atoms with Crippen LogP contribution >= 0.6 is 11.6 Å². The fourth-order valence-electron chi connectivity index (χ4n) is 1.70. The highest BCUT2D eigenvalue weighted by Gasteiger charge is 2.21. The molecule has 2 heterocycles. The molecule has 0 unspecified atom stereocenters. The van der Waals surface area contributed by atoms with Crippen LogP contribution in [0.4, 0.5) is 5.82 Å². The first-order chi connectivity index (χ1) is 9.83. The monoisotopic (exact) mass is 329 g/mol. The molecule has 112 valence electrons. The molecule has 0 saturated carbocycles. The first-order valence-corrected chi connectivity index (χ1v) is 7.77. The van der Waals surface area contributed by atoms with E-state index in [0.29, 0.717) is 11.6 Å². The molecule has 0 spiro atoms. The predicted octanol–water partition coefficient (Wildman–Crippen LogP) is 2.06. The van der Waals surface area contributed by atoms with Crippen LogP contribution in [0.15, 0.2) is 35.5 Å². The molecule has 2 aromatic heterocycles. The number of sulfonamides is 1. The summed E-state index contributed by atoms with van der Waals surface area (Å²) < 4.78 is 28.0. The van der Waals surface area contributed by atoms with Crippen LogP contribution in [0.3, 0.4) is 0 Å². The molecule has 2 aromatic rings. The number of pyridine rings is 1. The zero-order valence-electron chi connectivity index (χ0n) is 10.9. The molecule has 0 aromatic carbocycles. The number of carbonyl (C=O) groups is 1. The highest BCUT2D eigenvalue weighted by Crippen LogP contribution is 2.18. The smallest absolute Gasteiger partial charge is 0.352 e. The number of carboxylic acid groups (broad SMARTS) is 1. The van der Waals surface area contributed by atoms with Crippen LogP contribution in [0.5, 0.6) is 0 Å². The van der Waals surface area contributed by atoms with Gasteiger partial charge in [-0.15, -0.1) is 0 Å². The van der Waals surface area contributed by atoms with E-state index in [4.69, 9.17) is 16.7 Å². The molecule has 0 radical (unpaired) electrons. The lowest BCUT2D eigenvalue weighted by atomic mass is 10.4. The summed E-state index contributed by atoms with van der Waals surface area (Å²) in [5.41, 5.74) is -0.0954. The highest BCUT2D eigenvalue weighted by molar-refractivity contribution is 7.92. The number of nitrogens with one attached hydrogen (secondary N) is 1. The summed E-state index contributed by atoms with van der Waals surface area (Å²) in [6.07, 6.45) is 2.57. The van der Waals surface area contributed by atoms with E-state index < -0.39 is 16.0 Å². The summed E-state index contributed by atoms with van der Waals surface area (Å²) in [6, 6.07) is 4.01. The Hall–Kier alpha value is -2.06. The lowest BCUT2D eigenvalue weighted by molar-refractivity contribution is 0.0685. The number of hydrogen-bond acceptors (Lipinski definition) is 4. The van der Waals surface area contributed by atoms with E-state index in [2.05, 4.69) is 9.71 Å². The van der Waals surface area contributed by atoms with Gasteiger partial charge < -0.3 is 9.67 Å². The normalized spacial score (nSPS) is 11.3. The van der Waals surface area contributed by atoms with Crippen LogP contribution in [0.25, 0.3) is 0 Å². The molecule has 7 nitrogen and oxygen atoms in total. The van der Waals surface area contributed by atoms with Crippen molar-refractivity contribution in [2.24, 2.45) is 0 Å². The lowest BCUT2D eigenvalue weighted by Gasteiger charge is -2.05. The highest BCUT2D eigenvalue weighted by atomic mass is 35.5. The van der Waals surface area contributed by atoms with Crippen LogP contribution in [0.2, 0.25) is 5.02 Å². The van der Waals surface area contributed by atoms with E-state index >= 15 is 0 Å². The number of hydrogen-bond donors (Lipinski definition) is 2. The number of rotatable bonds is 5. The van der Waals surface area contributed by atoms with Crippen LogP contribution in [0, 0.1) is 0 Å². The van der Waals surface area contributed by atoms with Gasteiger partial charge in [0.05, 0.1) is 5.02 Å². The Morgan fingerprint density at radius 2 is 2.19 bits per heavy atom. The summed E-state index contributed by atoms with van der Waals surface area (Å²) in [7, 11) is -3.91. The van der Waals surface area contributed by atoms with Crippen molar-refractivity contribution in [1.29, 1.82) is 0 Å². The Morgan fingerprint density at radius 1 is 1.48 bits per heavy atom. The van der Waals surface area contributed by atoms with Crippen molar-refractivity contribution < 1.29 is 18.3 Å². The molecule has 0 saturated heterocycles.